The number of carbonyl (C=O) groups is 2. The molecule has 1 fully saturated rings. The van der Waals surface area contributed by atoms with Crippen molar-refractivity contribution in [3.8, 4) is 11.1 Å². The molecule has 0 saturated carbocycles. The van der Waals surface area contributed by atoms with E-state index in [2.05, 4.69) is 10.2 Å². The van der Waals surface area contributed by atoms with E-state index < -0.39 is 64.9 Å². The van der Waals surface area contributed by atoms with Crippen molar-refractivity contribution >= 4 is 11.9 Å². The van der Waals surface area contributed by atoms with Crippen LogP contribution in [0.4, 0.5) is 22.0 Å². The van der Waals surface area contributed by atoms with Crippen molar-refractivity contribution in [2.45, 2.75) is 92.4 Å². The van der Waals surface area contributed by atoms with E-state index in [1.807, 2.05) is 20.8 Å². The zero-order valence-corrected chi connectivity index (χ0v) is 29.7. The topological polar surface area (TPSA) is 80.6 Å². The number of nitrogens with one attached hydrogen (secondary N) is 1. The Morgan fingerprint density at radius 1 is 0.980 bits per heavy atom. The van der Waals surface area contributed by atoms with Crippen LogP contribution in [0.5, 0.6) is 0 Å². The number of hydrogen-bond acceptors (Lipinski definition) is 5. The molecule has 0 aliphatic carbocycles. The lowest BCUT2D eigenvalue weighted by Gasteiger charge is -2.31. The molecule has 0 bridgehead atoms. The van der Waals surface area contributed by atoms with Gasteiger partial charge in [0.25, 0.3) is 5.56 Å². The van der Waals surface area contributed by atoms with Gasteiger partial charge in [-0.05, 0) is 118 Å². The average Bonchev–Trinajstić information content (AvgIpc) is 2.98. The maximum atomic E-state index is 16.7. The molecule has 1 aliphatic heterocycles. The molecule has 1 amide bonds. The number of rotatable bonds is 13. The molecule has 1 N–H and O–H groups in total. The molecule has 0 radical (unpaired) electrons. The van der Waals surface area contributed by atoms with Crippen LogP contribution in [0, 0.1) is 45.2 Å². The highest BCUT2D eigenvalue weighted by atomic mass is 19.4. The highest BCUT2D eigenvalue weighted by Gasteiger charge is 2.36. The van der Waals surface area contributed by atoms with Crippen molar-refractivity contribution in [1.82, 2.24) is 14.8 Å². The van der Waals surface area contributed by atoms with Crippen LogP contribution >= 0.6 is 0 Å². The second-order valence-electron chi connectivity index (χ2n) is 13.6. The second-order valence-corrected chi connectivity index (χ2v) is 13.6. The molecule has 12 heteroatoms. The van der Waals surface area contributed by atoms with Gasteiger partial charge < -0.3 is 19.5 Å². The molecule has 1 unspecified atom stereocenters. The first-order valence-corrected chi connectivity index (χ1v) is 17.0. The van der Waals surface area contributed by atoms with Crippen molar-refractivity contribution < 1.29 is 36.3 Å². The minimum absolute atomic E-state index is 0.0406. The van der Waals surface area contributed by atoms with E-state index in [0.29, 0.717) is 12.0 Å². The quantitative estimate of drug-likeness (QED) is 0.146. The SMILES string of the molecule is CCOC(=O)C[C@H](NC(=O)C(CC(C)C)n1cc(CCN2CCC2)c(C)cc1=O)c1c(F)c(C)cc(-c2c(C)ccc(C(F)(F)F)c2C)c1F. The van der Waals surface area contributed by atoms with E-state index in [4.69, 9.17) is 4.74 Å². The van der Waals surface area contributed by atoms with E-state index in [1.165, 1.54) is 37.5 Å². The summed E-state index contributed by atoms with van der Waals surface area (Å²) in [6, 6.07) is 2.00. The van der Waals surface area contributed by atoms with Crippen molar-refractivity contribution in [2.75, 3.05) is 26.2 Å². The number of nitrogens with zero attached hydrogens (tertiary/aromatic N) is 2. The van der Waals surface area contributed by atoms with E-state index in [9.17, 15) is 27.6 Å². The van der Waals surface area contributed by atoms with Gasteiger partial charge in [0.15, 0.2) is 0 Å². The summed E-state index contributed by atoms with van der Waals surface area (Å²) in [5.74, 6) is -3.97. The molecule has 3 aromatic rings. The van der Waals surface area contributed by atoms with Crippen molar-refractivity contribution in [2.24, 2.45) is 5.92 Å². The summed E-state index contributed by atoms with van der Waals surface area (Å²) in [5.41, 5.74) is -0.826. The lowest BCUT2D eigenvalue weighted by Crippen LogP contribution is -2.41. The Morgan fingerprint density at radius 3 is 2.24 bits per heavy atom. The van der Waals surface area contributed by atoms with Gasteiger partial charge in [-0.25, -0.2) is 8.78 Å². The molecule has 272 valence electrons. The van der Waals surface area contributed by atoms with Crippen LogP contribution in [0.1, 0.15) is 91.1 Å². The summed E-state index contributed by atoms with van der Waals surface area (Å²) in [6.45, 7) is 13.9. The first kappa shape index (κ1) is 38.7. The van der Waals surface area contributed by atoms with E-state index >= 15 is 8.78 Å². The number of aromatic nitrogens is 1. The van der Waals surface area contributed by atoms with Gasteiger partial charge in [0.05, 0.1) is 24.6 Å². The summed E-state index contributed by atoms with van der Waals surface area (Å²) in [5, 5.41) is 2.64. The largest absolute Gasteiger partial charge is 0.466 e. The number of pyridine rings is 1. The van der Waals surface area contributed by atoms with Gasteiger partial charge >= 0.3 is 12.1 Å². The van der Waals surface area contributed by atoms with Crippen molar-refractivity contribution in [3.05, 3.63) is 91.4 Å². The number of esters is 1. The zero-order valence-electron chi connectivity index (χ0n) is 29.7. The van der Waals surface area contributed by atoms with Crippen LogP contribution in [0.3, 0.4) is 0 Å². The van der Waals surface area contributed by atoms with Crippen LogP contribution in [0.15, 0.2) is 35.3 Å². The van der Waals surface area contributed by atoms with Gasteiger partial charge in [-0.2, -0.15) is 13.2 Å². The van der Waals surface area contributed by atoms with Crippen LogP contribution in [0.25, 0.3) is 11.1 Å². The lowest BCUT2D eigenvalue weighted by molar-refractivity contribution is -0.144. The van der Waals surface area contributed by atoms with Gasteiger partial charge in [-0.1, -0.05) is 19.9 Å². The molecule has 1 saturated heterocycles. The molecular weight excluding hydrogens is 657 g/mol. The molecule has 0 spiro atoms. The van der Waals surface area contributed by atoms with E-state index in [-0.39, 0.29) is 41.2 Å². The minimum Gasteiger partial charge on any atom is -0.466 e. The maximum absolute atomic E-state index is 16.7. The van der Waals surface area contributed by atoms with Crippen LogP contribution in [-0.2, 0) is 26.9 Å². The highest BCUT2D eigenvalue weighted by molar-refractivity contribution is 5.82. The Hall–Kier alpha value is -4.06. The molecular formula is C38H46F5N3O4. The van der Waals surface area contributed by atoms with Crippen molar-refractivity contribution in [3.63, 3.8) is 0 Å². The zero-order chi connectivity index (χ0) is 37.1. The fourth-order valence-corrected chi connectivity index (χ4v) is 6.60. The fourth-order valence-electron chi connectivity index (χ4n) is 6.60. The number of carbonyl (C=O) groups excluding carboxylic acids is 2. The minimum atomic E-state index is -4.73. The van der Waals surface area contributed by atoms with Crippen LogP contribution in [-0.4, -0.2) is 47.6 Å². The first-order valence-electron chi connectivity index (χ1n) is 17.0. The van der Waals surface area contributed by atoms with Crippen LogP contribution < -0.4 is 10.9 Å². The van der Waals surface area contributed by atoms with Crippen molar-refractivity contribution in [1.29, 1.82) is 0 Å². The normalized spacial score (nSPS) is 14.7. The third-order valence-corrected chi connectivity index (χ3v) is 9.38. The maximum Gasteiger partial charge on any atom is 0.416 e. The summed E-state index contributed by atoms with van der Waals surface area (Å²) in [7, 11) is 0. The summed E-state index contributed by atoms with van der Waals surface area (Å²) in [6.07, 6.45) is -1.76. The Balaban J connectivity index is 1.83. The van der Waals surface area contributed by atoms with Gasteiger partial charge in [0.1, 0.15) is 17.7 Å². The summed E-state index contributed by atoms with van der Waals surface area (Å²) in [4.78, 5) is 42.7. The van der Waals surface area contributed by atoms with Gasteiger partial charge in [0.2, 0.25) is 5.91 Å². The Kier molecular flexibility index (Phi) is 12.3. The molecule has 1 aliphatic rings. The third-order valence-electron chi connectivity index (χ3n) is 9.38. The van der Waals surface area contributed by atoms with Crippen LogP contribution in [0.2, 0.25) is 0 Å². The Bertz CT molecular complexity index is 1800. The number of aryl methyl sites for hydroxylation is 3. The monoisotopic (exact) mass is 703 g/mol. The molecule has 4 rings (SSSR count). The molecule has 2 heterocycles. The predicted molar refractivity (Wildman–Crippen MR) is 182 cm³/mol. The number of likely N-dealkylation sites (tertiary alicyclic amines) is 1. The van der Waals surface area contributed by atoms with Gasteiger partial charge in [-0.3, -0.25) is 14.4 Å². The fraction of sp³-hybridized carbons (Fsp3) is 0.500. The lowest BCUT2D eigenvalue weighted by atomic mass is 9.87. The number of hydrogen-bond donors (Lipinski definition) is 1. The predicted octanol–water partition coefficient (Wildman–Crippen LogP) is 7.69. The molecule has 7 nitrogen and oxygen atoms in total. The smallest absolute Gasteiger partial charge is 0.416 e. The molecule has 2 atom stereocenters. The standard InChI is InChI=1S/C38H46F5N3O4/c1-8-50-32(48)19-29(34-35(39)24(6)17-27(36(34)40)33-22(4)10-11-28(25(33)7)38(41,42)43)44-37(49)30(16-21(2)3)46-20-26(23(5)18-31(46)47)12-15-45-13-9-14-45/h10-11,17-18,20-21,29-30H,8-9,12-16,19H2,1-7H3,(H,44,49)/t29-,30?/m0/s1. The Labute approximate surface area is 289 Å². The average molecular weight is 704 g/mol. The number of ether oxygens (including phenoxy) is 1. The summed E-state index contributed by atoms with van der Waals surface area (Å²) >= 11 is 0. The Morgan fingerprint density at radius 2 is 1.66 bits per heavy atom. The molecule has 1 aromatic heterocycles. The molecule has 50 heavy (non-hydrogen) atoms. The number of halogens is 5. The second kappa shape index (κ2) is 15.9. The van der Waals surface area contributed by atoms with E-state index in [1.54, 1.807) is 13.1 Å². The number of amides is 1. The number of alkyl halides is 3. The first-order chi connectivity index (χ1) is 23.4. The van der Waals surface area contributed by atoms with Gasteiger partial charge in [0, 0.05) is 29.9 Å². The summed E-state index contributed by atoms with van der Waals surface area (Å²) < 4.78 is 80.9. The van der Waals surface area contributed by atoms with E-state index in [0.717, 1.165) is 49.3 Å². The van der Waals surface area contributed by atoms with Gasteiger partial charge in [-0.15, -0.1) is 0 Å². The highest BCUT2D eigenvalue weighted by Crippen LogP contribution is 2.41. The third kappa shape index (κ3) is 8.62. The molecule has 2 aromatic carbocycles. The number of benzene rings is 2.